The topological polar surface area (TPSA) is 108 Å². The van der Waals surface area contributed by atoms with Crippen LogP contribution in [-0.4, -0.2) is 33.5 Å². The third kappa shape index (κ3) is 4.56. The molecule has 0 fully saturated rings. The summed E-state index contributed by atoms with van der Waals surface area (Å²) in [6.07, 6.45) is 3.21. The number of amides is 1. The Bertz CT molecular complexity index is 1230. The first-order chi connectivity index (χ1) is 15.9. The summed E-state index contributed by atoms with van der Waals surface area (Å²) in [6, 6.07) is 9.44. The summed E-state index contributed by atoms with van der Waals surface area (Å²) >= 11 is 0. The van der Waals surface area contributed by atoms with Gasteiger partial charge in [0, 0.05) is 29.1 Å². The van der Waals surface area contributed by atoms with Crippen LogP contribution in [0, 0.1) is 5.41 Å². The number of rotatable bonds is 6. The first kappa shape index (κ1) is 23.6. The van der Waals surface area contributed by atoms with E-state index in [4.69, 9.17) is 15.2 Å². The molecule has 0 aliphatic carbocycles. The van der Waals surface area contributed by atoms with Crippen LogP contribution in [0.25, 0.3) is 11.1 Å². The number of carbonyl (C=O) groups excluding carboxylic acids is 1. The van der Waals surface area contributed by atoms with Crippen molar-refractivity contribution in [1.82, 2.24) is 9.97 Å². The maximum Gasteiger partial charge on any atom is 0.327 e. The van der Waals surface area contributed by atoms with Crippen LogP contribution in [-0.2, 0) is 10.4 Å². The van der Waals surface area contributed by atoms with Crippen LogP contribution < -0.4 is 15.2 Å². The second-order valence-electron chi connectivity index (χ2n) is 9.55. The molecule has 3 aromatic rings. The molecule has 1 aliphatic rings. The minimum atomic E-state index is -3.99. The highest BCUT2D eigenvalue weighted by Gasteiger charge is 2.51. The molecule has 2 heterocycles. The summed E-state index contributed by atoms with van der Waals surface area (Å²) in [5.41, 5.74) is 3.82. The number of hydrogen-bond donors (Lipinski definition) is 2. The standard InChI is InChI=1S/C25H25F2N3O4/c1-23(2,3)13-33-17-5-7-21-19(9-17)24(32,12-25(26,27)22(28)31)18-8-15(4-6-20(18)34-21)16-10-29-14-30-11-16/h4-11,14,32H,12-13H2,1-3H3,(H2,28,31). The lowest BCUT2D eigenvalue weighted by molar-refractivity contribution is -0.150. The normalized spacial score (nSPS) is 17.4. The Balaban J connectivity index is 1.86. The highest BCUT2D eigenvalue weighted by Crippen LogP contribution is 2.52. The summed E-state index contributed by atoms with van der Waals surface area (Å²) < 4.78 is 41.1. The van der Waals surface area contributed by atoms with Gasteiger partial charge >= 0.3 is 5.92 Å². The van der Waals surface area contributed by atoms with E-state index in [9.17, 15) is 18.7 Å². The molecule has 9 heteroatoms. The van der Waals surface area contributed by atoms with Gasteiger partial charge in [-0.2, -0.15) is 8.78 Å². The SMILES string of the molecule is CC(C)(C)COc1ccc2c(c1)C(O)(CC(F)(F)C(N)=O)c1cc(-c3cncnc3)ccc1O2. The number of benzene rings is 2. The Morgan fingerprint density at radius 3 is 2.29 bits per heavy atom. The van der Waals surface area contributed by atoms with Gasteiger partial charge in [0.2, 0.25) is 0 Å². The van der Waals surface area contributed by atoms with Crippen molar-refractivity contribution < 1.29 is 28.2 Å². The first-order valence-electron chi connectivity index (χ1n) is 10.6. The van der Waals surface area contributed by atoms with Gasteiger partial charge in [0.15, 0.2) is 0 Å². The molecular formula is C25H25F2N3O4. The molecule has 34 heavy (non-hydrogen) atoms. The minimum Gasteiger partial charge on any atom is -0.493 e. The maximum atomic E-state index is 14.7. The minimum absolute atomic E-state index is 0.0498. The predicted molar refractivity (Wildman–Crippen MR) is 121 cm³/mol. The van der Waals surface area contributed by atoms with Gasteiger partial charge in [-0.05, 0) is 41.3 Å². The molecule has 1 atom stereocenters. The van der Waals surface area contributed by atoms with E-state index in [0.29, 0.717) is 23.5 Å². The fourth-order valence-corrected chi connectivity index (χ4v) is 3.74. The molecule has 0 radical (unpaired) electrons. The van der Waals surface area contributed by atoms with Crippen LogP contribution in [0.15, 0.2) is 55.1 Å². The summed E-state index contributed by atoms with van der Waals surface area (Å²) in [7, 11) is 0. The second-order valence-corrected chi connectivity index (χ2v) is 9.55. The molecule has 1 amide bonds. The van der Waals surface area contributed by atoms with Crippen molar-refractivity contribution >= 4 is 5.91 Å². The van der Waals surface area contributed by atoms with Gasteiger partial charge in [-0.3, -0.25) is 4.79 Å². The zero-order chi connectivity index (χ0) is 24.7. The summed E-state index contributed by atoms with van der Waals surface area (Å²) in [4.78, 5) is 19.5. The molecule has 0 saturated heterocycles. The molecule has 7 nitrogen and oxygen atoms in total. The largest absolute Gasteiger partial charge is 0.493 e. The Labute approximate surface area is 195 Å². The Kier molecular flexibility index (Phi) is 5.77. The van der Waals surface area contributed by atoms with Gasteiger partial charge in [0.25, 0.3) is 5.91 Å². The summed E-state index contributed by atoms with van der Waals surface area (Å²) in [5, 5.41) is 11.8. The zero-order valence-electron chi connectivity index (χ0n) is 19.0. The van der Waals surface area contributed by atoms with E-state index in [1.54, 1.807) is 36.7 Å². The van der Waals surface area contributed by atoms with Crippen molar-refractivity contribution in [2.75, 3.05) is 6.61 Å². The number of halogens is 2. The van der Waals surface area contributed by atoms with Crippen LogP contribution in [0.2, 0.25) is 0 Å². The maximum absolute atomic E-state index is 14.7. The number of fused-ring (bicyclic) bond motifs is 2. The van der Waals surface area contributed by atoms with Crippen molar-refractivity contribution in [3.63, 3.8) is 0 Å². The molecule has 1 aliphatic heterocycles. The molecule has 178 valence electrons. The monoisotopic (exact) mass is 469 g/mol. The fraction of sp³-hybridized carbons (Fsp3) is 0.320. The number of ether oxygens (including phenoxy) is 2. The lowest BCUT2D eigenvalue weighted by Gasteiger charge is -2.38. The van der Waals surface area contributed by atoms with Gasteiger partial charge in [-0.1, -0.05) is 26.8 Å². The number of alkyl halides is 2. The van der Waals surface area contributed by atoms with Crippen molar-refractivity contribution in [3.05, 3.63) is 66.2 Å². The van der Waals surface area contributed by atoms with Crippen LogP contribution in [0.5, 0.6) is 17.2 Å². The van der Waals surface area contributed by atoms with Crippen molar-refractivity contribution in [2.24, 2.45) is 11.1 Å². The Morgan fingerprint density at radius 1 is 1.06 bits per heavy atom. The zero-order valence-corrected chi connectivity index (χ0v) is 19.0. The van der Waals surface area contributed by atoms with Crippen molar-refractivity contribution in [3.8, 4) is 28.4 Å². The third-order valence-corrected chi connectivity index (χ3v) is 5.45. The van der Waals surface area contributed by atoms with Crippen LogP contribution in [0.1, 0.15) is 38.3 Å². The highest BCUT2D eigenvalue weighted by atomic mass is 19.3. The molecule has 0 spiro atoms. The number of aliphatic hydroxyl groups is 1. The molecule has 2 aromatic carbocycles. The van der Waals surface area contributed by atoms with E-state index in [1.165, 1.54) is 18.5 Å². The Morgan fingerprint density at radius 2 is 1.68 bits per heavy atom. The Hall–Kier alpha value is -3.59. The van der Waals surface area contributed by atoms with E-state index >= 15 is 0 Å². The van der Waals surface area contributed by atoms with Gasteiger partial charge < -0.3 is 20.3 Å². The van der Waals surface area contributed by atoms with Crippen LogP contribution in [0.4, 0.5) is 8.78 Å². The number of aromatic nitrogens is 2. The van der Waals surface area contributed by atoms with E-state index in [-0.39, 0.29) is 28.0 Å². The average Bonchev–Trinajstić information content (AvgIpc) is 2.77. The fourth-order valence-electron chi connectivity index (χ4n) is 3.74. The summed E-state index contributed by atoms with van der Waals surface area (Å²) in [6.45, 7) is 6.33. The molecule has 4 rings (SSSR count). The van der Waals surface area contributed by atoms with Gasteiger partial charge in [-0.25, -0.2) is 9.97 Å². The lowest BCUT2D eigenvalue weighted by Crippen LogP contribution is -2.44. The van der Waals surface area contributed by atoms with Crippen LogP contribution in [0.3, 0.4) is 0 Å². The molecule has 1 aromatic heterocycles. The number of nitrogens with zero attached hydrogens (tertiary/aromatic N) is 2. The highest BCUT2D eigenvalue weighted by molar-refractivity contribution is 5.82. The molecule has 1 unspecified atom stereocenters. The smallest absolute Gasteiger partial charge is 0.327 e. The van der Waals surface area contributed by atoms with Gasteiger partial charge in [0.1, 0.15) is 29.2 Å². The molecule has 0 bridgehead atoms. The van der Waals surface area contributed by atoms with Gasteiger partial charge in [0.05, 0.1) is 13.0 Å². The average molecular weight is 469 g/mol. The first-order valence-corrected chi connectivity index (χ1v) is 10.6. The number of nitrogens with two attached hydrogens (primary N) is 1. The quantitative estimate of drug-likeness (QED) is 0.553. The molecular weight excluding hydrogens is 444 g/mol. The number of hydrogen-bond acceptors (Lipinski definition) is 6. The van der Waals surface area contributed by atoms with E-state index in [2.05, 4.69) is 9.97 Å². The lowest BCUT2D eigenvalue weighted by atomic mass is 9.78. The van der Waals surface area contributed by atoms with E-state index in [0.717, 1.165) is 0 Å². The van der Waals surface area contributed by atoms with Crippen LogP contribution >= 0.6 is 0 Å². The molecule has 0 saturated carbocycles. The molecule has 3 N–H and O–H groups in total. The van der Waals surface area contributed by atoms with Crippen molar-refractivity contribution in [1.29, 1.82) is 0 Å². The van der Waals surface area contributed by atoms with E-state index in [1.807, 2.05) is 20.8 Å². The van der Waals surface area contributed by atoms with E-state index < -0.39 is 23.9 Å². The second kappa shape index (κ2) is 8.32. The summed E-state index contributed by atoms with van der Waals surface area (Å²) in [5.74, 6) is -5.10. The number of primary amides is 1. The van der Waals surface area contributed by atoms with Gasteiger partial charge in [-0.15, -0.1) is 0 Å². The number of carbonyl (C=O) groups is 1. The third-order valence-electron chi connectivity index (χ3n) is 5.45. The van der Waals surface area contributed by atoms with Crippen molar-refractivity contribution in [2.45, 2.75) is 38.7 Å². The predicted octanol–water partition coefficient (Wildman–Crippen LogP) is 4.42.